The first-order valence-corrected chi connectivity index (χ1v) is 10.9. The van der Waals surface area contributed by atoms with Crippen LogP contribution in [0.1, 0.15) is 82.8 Å². The molecule has 0 aromatic heterocycles. The van der Waals surface area contributed by atoms with Crippen LogP contribution in [0, 0.1) is 17.8 Å². The number of hydrogen-bond donors (Lipinski definition) is 1. The highest BCUT2D eigenvalue weighted by Crippen LogP contribution is 2.40. The molecule has 1 aromatic carbocycles. The number of carbonyl (C=O) groups excluding carboxylic acids is 1. The molecule has 0 bridgehead atoms. The van der Waals surface area contributed by atoms with Crippen molar-refractivity contribution in [2.24, 2.45) is 5.92 Å². The normalized spacial score (nSPS) is 23.3. The monoisotopic (exact) mass is 409 g/mol. The maximum absolute atomic E-state index is 13.3. The van der Waals surface area contributed by atoms with Crippen LogP contribution in [0.15, 0.2) is 12.1 Å². The van der Waals surface area contributed by atoms with E-state index in [0.717, 1.165) is 11.0 Å². The molecule has 2 fully saturated rings. The molecule has 30 heavy (non-hydrogen) atoms. The zero-order chi connectivity index (χ0) is 22.1. The molecular weight excluding hydrogens is 377 g/mol. The molecule has 0 unspecified atom stereocenters. The fraction of sp³-hybridized carbons (Fsp3) is 0.625. The minimum absolute atomic E-state index is 0.0323. The molecule has 4 rings (SSSR count). The molecule has 2 heterocycles. The van der Waals surface area contributed by atoms with Crippen LogP contribution in [-0.2, 0) is 15.9 Å². The second-order valence-corrected chi connectivity index (χ2v) is 10.5. The molecule has 1 saturated heterocycles. The van der Waals surface area contributed by atoms with Crippen molar-refractivity contribution in [3.05, 3.63) is 28.8 Å². The number of nitrogens with zero attached hydrogens (tertiary/aromatic N) is 1. The molecule has 0 spiro atoms. The highest BCUT2D eigenvalue weighted by atomic mass is 16.7. The predicted molar refractivity (Wildman–Crippen MR) is 117 cm³/mol. The van der Waals surface area contributed by atoms with Gasteiger partial charge in [-0.1, -0.05) is 17.9 Å². The zero-order valence-corrected chi connectivity index (χ0v) is 19.1. The molecule has 1 atom stereocenters. The Kier molecular flexibility index (Phi) is 4.89. The van der Waals surface area contributed by atoms with E-state index in [1.165, 1.54) is 12.8 Å². The van der Waals surface area contributed by atoms with Crippen molar-refractivity contribution in [2.45, 2.75) is 90.7 Å². The lowest BCUT2D eigenvalue weighted by Crippen LogP contribution is -2.41. The molecule has 1 saturated carbocycles. The largest absolute Gasteiger partial charge is 0.494 e. The van der Waals surface area contributed by atoms with E-state index in [1.807, 2.05) is 44.7 Å². The third-order valence-electron chi connectivity index (χ3n) is 6.88. The number of fused-ring (bicyclic) bond motifs is 1. The fourth-order valence-electron chi connectivity index (χ4n) is 4.10. The van der Waals surface area contributed by atoms with Crippen molar-refractivity contribution in [1.82, 2.24) is 4.90 Å². The van der Waals surface area contributed by atoms with E-state index in [4.69, 9.17) is 9.31 Å². The minimum atomic E-state index is -1.14. The summed E-state index contributed by atoms with van der Waals surface area (Å²) in [6, 6.07) is 4.15. The van der Waals surface area contributed by atoms with E-state index in [0.29, 0.717) is 23.6 Å². The SMILES string of the molecule is C[C@@H](C1CC1)N1Cc2cc(B3OC(C)(C)C(C)(C)O3)cc(C#CC(C)(C)O)c2C1=O. The van der Waals surface area contributed by atoms with Gasteiger partial charge < -0.3 is 19.3 Å². The predicted octanol–water partition coefficient (Wildman–Crippen LogP) is 2.86. The average molecular weight is 409 g/mol. The van der Waals surface area contributed by atoms with E-state index < -0.39 is 23.9 Å². The van der Waals surface area contributed by atoms with Gasteiger partial charge in [-0.25, -0.2) is 0 Å². The topological polar surface area (TPSA) is 59.0 Å². The number of rotatable bonds is 3. The van der Waals surface area contributed by atoms with Gasteiger partial charge in [0.25, 0.3) is 5.91 Å². The summed E-state index contributed by atoms with van der Waals surface area (Å²) in [4.78, 5) is 15.3. The number of carbonyl (C=O) groups is 1. The Hall–Kier alpha value is -1.81. The molecule has 1 aromatic rings. The number of aliphatic hydroxyl groups is 1. The average Bonchev–Trinajstić information content (AvgIpc) is 3.37. The maximum atomic E-state index is 13.3. The van der Waals surface area contributed by atoms with Gasteiger partial charge in [-0.2, -0.15) is 0 Å². The summed E-state index contributed by atoms with van der Waals surface area (Å²) in [5.74, 6) is 6.56. The summed E-state index contributed by atoms with van der Waals surface area (Å²) in [5.41, 5.74) is 1.07. The van der Waals surface area contributed by atoms with E-state index in [9.17, 15) is 9.90 Å². The van der Waals surface area contributed by atoms with Crippen LogP contribution in [0.3, 0.4) is 0 Å². The lowest BCUT2D eigenvalue weighted by molar-refractivity contribution is 0.00578. The van der Waals surface area contributed by atoms with Crippen molar-refractivity contribution < 1.29 is 19.2 Å². The number of benzene rings is 1. The summed E-state index contributed by atoms with van der Waals surface area (Å²) in [7, 11) is -0.520. The van der Waals surface area contributed by atoms with Crippen LogP contribution in [0.2, 0.25) is 0 Å². The Morgan fingerprint density at radius 3 is 2.33 bits per heavy atom. The van der Waals surface area contributed by atoms with Crippen molar-refractivity contribution >= 4 is 18.5 Å². The van der Waals surface area contributed by atoms with Crippen molar-refractivity contribution in [2.75, 3.05) is 0 Å². The highest BCUT2D eigenvalue weighted by molar-refractivity contribution is 6.62. The van der Waals surface area contributed by atoms with Crippen LogP contribution in [0.4, 0.5) is 0 Å². The smallest absolute Gasteiger partial charge is 0.399 e. The second-order valence-electron chi connectivity index (χ2n) is 10.5. The summed E-state index contributed by atoms with van der Waals surface area (Å²) in [6.45, 7) is 14.1. The lowest BCUT2D eigenvalue weighted by Gasteiger charge is -2.32. The van der Waals surface area contributed by atoms with Gasteiger partial charge in [0.2, 0.25) is 0 Å². The Morgan fingerprint density at radius 1 is 1.20 bits per heavy atom. The van der Waals surface area contributed by atoms with Crippen molar-refractivity contribution in [3.8, 4) is 11.8 Å². The summed E-state index contributed by atoms with van der Waals surface area (Å²) < 4.78 is 12.5. The first kappa shape index (κ1) is 21.4. The van der Waals surface area contributed by atoms with Gasteiger partial charge in [-0.05, 0) is 84.3 Å². The van der Waals surface area contributed by atoms with Crippen molar-refractivity contribution in [1.29, 1.82) is 0 Å². The second kappa shape index (κ2) is 6.85. The van der Waals surface area contributed by atoms with Crippen LogP contribution in [0.25, 0.3) is 0 Å². The Morgan fingerprint density at radius 2 is 1.80 bits per heavy atom. The number of amides is 1. The molecule has 3 aliphatic rings. The third kappa shape index (κ3) is 3.79. The Balaban J connectivity index is 1.76. The number of hydrogen-bond acceptors (Lipinski definition) is 4. The van der Waals surface area contributed by atoms with Gasteiger partial charge >= 0.3 is 7.12 Å². The fourth-order valence-corrected chi connectivity index (χ4v) is 4.10. The Labute approximate surface area is 180 Å². The zero-order valence-electron chi connectivity index (χ0n) is 19.1. The molecule has 160 valence electrons. The van der Waals surface area contributed by atoms with Gasteiger partial charge in [0.15, 0.2) is 0 Å². The van der Waals surface area contributed by atoms with E-state index in [2.05, 4.69) is 18.8 Å². The van der Waals surface area contributed by atoms with Crippen LogP contribution < -0.4 is 5.46 Å². The molecular formula is C24H32BNO4. The van der Waals surface area contributed by atoms with Gasteiger partial charge in [-0.3, -0.25) is 4.79 Å². The highest BCUT2D eigenvalue weighted by Gasteiger charge is 2.52. The molecule has 1 N–H and O–H groups in total. The first-order chi connectivity index (χ1) is 13.8. The molecule has 6 heteroatoms. The maximum Gasteiger partial charge on any atom is 0.494 e. The van der Waals surface area contributed by atoms with Crippen LogP contribution in [0.5, 0.6) is 0 Å². The summed E-state index contributed by atoms with van der Waals surface area (Å²) >= 11 is 0. The van der Waals surface area contributed by atoms with Crippen molar-refractivity contribution in [3.63, 3.8) is 0 Å². The third-order valence-corrected chi connectivity index (χ3v) is 6.88. The van der Waals surface area contributed by atoms with Gasteiger partial charge in [0.1, 0.15) is 5.60 Å². The van der Waals surface area contributed by atoms with E-state index in [-0.39, 0.29) is 11.9 Å². The molecule has 0 radical (unpaired) electrons. The Bertz CT molecular complexity index is 930. The molecule has 5 nitrogen and oxygen atoms in total. The molecule has 2 aliphatic heterocycles. The van der Waals surface area contributed by atoms with E-state index >= 15 is 0 Å². The lowest BCUT2D eigenvalue weighted by atomic mass is 9.76. The van der Waals surface area contributed by atoms with Crippen LogP contribution in [-0.4, -0.2) is 45.9 Å². The first-order valence-electron chi connectivity index (χ1n) is 10.9. The van der Waals surface area contributed by atoms with E-state index in [1.54, 1.807) is 13.8 Å². The molecule has 1 amide bonds. The standard InChI is InChI=1S/C24H32BNO4/c1-15(16-8-9-16)26-14-18-13-19(25-29-23(4,5)24(6,7)30-25)12-17(20(18)21(26)27)10-11-22(2,3)28/h12-13,15-16,28H,8-9,14H2,1-7H3/t15-/m0/s1. The summed E-state index contributed by atoms with van der Waals surface area (Å²) in [5, 5.41) is 10.1. The molecule has 1 aliphatic carbocycles. The quantitative estimate of drug-likeness (QED) is 0.616. The minimum Gasteiger partial charge on any atom is -0.399 e. The van der Waals surface area contributed by atoms with Gasteiger partial charge in [0, 0.05) is 18.2 Å². The van der Waals surface area contributed by atoms with Crippen LogP contribution >= 0.6 is 0 Å². The summed E-state index contributed by atoms with van der Waals surface area (Å²) in [6.07, 6.45) is 2.37. The van der Waals surface area contributed by atoms with Gasteiger partial charge in [-0.15, -0.1) is 0 Å². The van der Waals surface area contributed by atoms with Gasteiger partial charge in [0.05, 0.1) is 16.8 Å².